The number of nitrogens with zero attached hydrogens (tertiary/aromatic N) is 3. The lowest BCUT2D eigenvalue weighted by molar-refractivity contribution is -0.0698. The molecule has 6 heteroatoms. The van der Waals surface area contributed by atoms with Crippen molar-refractivity contribution in [2.75, 3.05) is 18.9 Å². The lowest BCUT2D eigenvalue weighted by Gasteiger charge is -2.32. The first kappa shape index (κ1) is 17.2. The molecule has 0 amide bonds. The van der Waals surface area contributed by atoms with Crippen LogP contribution in [0.2, 0.25) is 0 Å². The number of aryl methyl sites for hydroxylation is 2. The molecular weight excluding hydrogens is 328 g/mol. The van der Waals surface area contributed by atoms with E-state index in [4.69, 9.17) is 15.5 Å². The van der Waals surface area contributed by atoms with Gasteiger partial charge in [0.1, 0.15) is 11.3 Å². The minimum absolute atomic E-state index is 0.472. The largest absolute Gasteiger partial charge is 0.390 e. The van der Waals surface area contributed by atoms with Crippen molar-refractivity contribution < 1.29 is 9.84 Å². The van der Waals surface area contributed by atoms with E-state index in [1.54, 1.807) is 0 Å². The summed E-state index contributed by atoms with van der Waals surface area (Å²) in [5.41, 5.74) is 8.24. The van der Waals surface area contributed by atoms with Gasteiger partial charge in [0.2, 0.25) is 0 Å². The highest BCUT2D eigenvalue weighted by atomic mass is 16.5. The van der Waals surface area contributed by atoms with Crippen LogP contribution in [0.1, 0.15) is 38.4 Å². The van der Waals surface area contributed by atoms with Crippen molar-refractivity contribution in [3.8, 4) is 0 Å². The molecule has 3 N–H and O–H groups in total. The molecule has 138 valence electrons. The van der Waals surface area contributed by atoms with Crippen LogP contribution in [0, 0.1) is 0 Å². The SMILES string of the molecule is CCCc1nc2c(N)nc3ccccc3c2n1CCC1(O)CCOCC1. The van der Waals surface area contributed by atoms with Crippen molar-refractivity contribution in [2.24, 2.45) is 0 Å². The molecule has 1 aliphatic heterocycles. The normalized spacial score (nSPS) is 17.2. The molecule has 4 rings (SSSR count). The summed E-state index contributed by atoms with van der Waals surface area (Å²) in [6.07, 6.45) is 3.95. The Morgan fingerprint density at radius 3 is 2.77 bits per heavy atom. The van der Waals surface area contributed by atoms with Crippen molar-refractivity contribution >= 4 is 27.8 Å². The highest BCUT2D eigenvalue weighted by Gasteiger charge is 2.30. The number of hydrogen-bond donors (Lipinski definition) is 2. The third kappa shape index (κ3) is 3.04. The van der Waals surface area contributed by atoms with Gasteiger partial charge in [0.15, 0.2) is 5.82 Å². The van der Waals surface area contributed by atoms with Gasteiger partial charge in [-0.2, -0.15) is 0 Å². The molecule has 26 heavy (non-hydrogen) atoms. The maximum Gasteiger partial charge on any atom is 0.152 e. The van der Waals surface area contributed by atoms with E-state index in [0.29, 0.717) is 38.3 Å². The number of ether oxygens (including phenoxy) is 1. The Hall–Kier alpha value is -2.18. The highest BCUT2D eigenvalue weighted by molar-refractivity contribution is 6.06. The Bertz CT molecular complexity index is 928. The molecule has 3 heterocycles. The first-order valence-electron chi connectivity index (χ1n) is 9.45. The number of aromatic nitrogens is 3. The number of benzene rings is 1. The number of para-hydroxylation sites is 1. The number of nitrogens with two attached hydrogens (primary N) is 1. The average molecular weight is 354 g/mol. The van der Waals surface area contributed by atoms with Crippen LogP contribution in [0.15, 0.2) is 24.3 Å². The summed E-state index contributed by atoms with van der Waals surface area (Å²) < 4.78 is 7.65. The molecule has 0 atom stereocenters. The van der Waals surface area contributed by atoms with E-state index in [0.717, 1.165) is 47.1 Å². The molecule has 0 spiro atoms. The van der Waals surface area contributed by atoms with Gasteiger partial charge in [-0.1, -0.05) is 25.1 Å². The van der Waals surface area contributed by atoms with Crippen LogP contribution in [-0.2, 0) is 17.7 Å². The standard InChI is InChI=1S/C20H26N4O2/c1-2-5-16-23-17-18(14-6-3-4-7-15(14)22-19(17)21)24(16)11-8-20(25)9-12-26-13-10-20/h3-4,6-7,25H,2,5,8-13H2,1H3,(H2,21,22). The van der Waals surface area contributed by atoms with E-state index in [-0.39, 0.29) is 0 Å². The molecule has 2 aromatic heterocycles. The number of rotatable bonds is 5. The maximum atomic E-state index is 10.9. The average Bonchev–Trinajstić information content (AvgIpc) is 3.00. The van der Waals surface area contributed by atoms with Gasteiger partial charge in [-0.05, 0) is 31.7 Å². The van der Waals surface area contributed by atoms with Crippen molar-refractivity contribution in [2.45, 2.75) is 51.2 Å². The summed E-state index contributed by atoms with van der Waals surface area (Å²) in [7, 11) is 0. The third-order valence-electron chi connectivity index (χ3n) is 5.39. The van der Waals surface area contributed by atoms with Gasteiger partial charge in [-0.25, -0.2) is 9.97 Å². The highest BCUT2D eigenvalue weighted by Crippen LogP contribution is 2.31. The van der Waals surface area contributed by atoms with Crippen molar-refractivity contribution in [1.82, 2.24) is 14.5 Å². The summed E-state index contributed by atoms with van der Waals surface area (Å²) >= 11 is 0. The number of hydrogen-bond acceptors (Lipinski definition) is 5. The molecule has 6 nitrogen and oxygen atoms in total. The molecular formula is C20H26N4O2. The fraction of sp³-hybridized carbons (Fsp3) is 0.500. The zero-order valence-electron chi connectivity index (χ0n) is 15.2. The van der Waals surface area contributed by atoms with Crippen LogP contribution < -0.4 is 5.73 Å². The molecule has 1 aliphatic rings. The zero-order valence-corrected chi connectivity index (χ0v) is 15.2. The van der Waals surface area contributed by atoms with Crippen LogP contribution in [-0.4, -0.2) is 38.5 Å². The van der Waals surface area contributed by atoms with Crippen molar-refractivity contribution in [1.29, 1.82) is 0 Å². The van der Waals surface area contributed by atoms with E-state index < -0.39 is 5.60 Å². The monoisotopic (exact) mass is 354 g/mol. The Labute approximate surface area is 153 Å². The van der Waals surface area contributed by atoms with E-state index >= 15 is 0 Å². The minimum atomic E-state index is -0.660. The second-order valence-corrected chi connectivity index (χ2v) is 7.23. The van der Waals surface area contributed by atoms with Gasteiger partial charge in [0.25, 0.3) is 0 Å². The van der Waals surface area contributed by atoms with Crippen LogP contribution in [0.5, 0.6) is 0 Å². The van der Waals surface area contributed by atoms with E-state index in [1.165, 1.54) is 0 Å². The fourth-order valence-electron chi connectivity index (χ4n) is 3.88. The number of aliphatic hydroxyl groups is 1. The lowest BCUT2D eigenvalue weighted by atomic mass is 9.91. The van der Waals surface area contributed by atoms with E-state index in [2.05, 4.69) is 22.5 Å². The van der Waals surface area contributed by atoms with Crippen LogP contribution in [0.3, 0.4) is 0 Å². The predicted octanol–water partition coefficient (Wildman–Crippen LogP) is 3.05. The van der Waals surface area contributed by atoms with Crippen LogP contribution in [0.4, 0.5) is 5.82 Å². The van der Waals surface area contributed by atoms with Crippen LogP contribution in [0.25, 0.3) is 21.9 Å². The first-order valence-corrected chi connectivity index (χ1v) is 9.45. The number of fused-ring (bicyclic) bond motifs is 3. The Morgan fingerprint density at radius 1 is 1.23 bits per heavy atom. The van der Waals surface area contributed by atoms with Gasteiger partial charge in [0, 0.05) is 31.6 Å². The van der Waals surface area contributed by atoms with Gasteiger partial charge in [0.05, 0.1) is 16.6 Å². The van der Waals surface area contributed by atoms with Gasteiger partial charge >= 0.3 is 0 Å². The van der Waals surface area contributed by atoms with Crippen molar-refractivity contribution in [3.63, 3.8) is 0 Å². The van der Waals surface area contributed by atoms with E-state index in [9.17, 15) is 5.11 Å². The Morgan fingerprint density at radius 2 is 2.00 bits per heavy atom. The fourth-order valence-corrected chi connectivity index (χ4v) is 3.88. The summed E-state index contributed by atoms with van der Waals surface area (Å²) in [5, 5.41) is 11.9. The maximum absolute atomic E-state index is 10.9. The second kappa shape index (κ2) is 6.85. The quantitative estimate of drug-likeness (QED) is 0.735. The smallest absolute Gasteiger partial charge is 0.152 e. The molecule has 0 bridgehead atoms. The third-order valence-corrected chi connectivity index (χ3v) is 5.39. The molecule has 1 saturated heterocycles. The van der Waals surface area contributed by atoms with Crippen molar-refractivity contribution in [3.05, 3.63) is 30.1 Å². The predicted molar refractivity (Wildman–Crippen MR) is 103 cm³/mol. The molecule has 0 aliphatic carbocycles. The summed E-state index contributed by atoms with van der Waals surface area (Å²) in [6, 6.07) is 8.04. The van der Waals surface area contributed by atoms with Gasteiger partial charge in [-0.15, -0.1) is 0 Å². The first-order chi connectivity index (χ1) is 12.6. The number of anilines is 1. The Balaban J connectivity index is 1.81. The number of nitrogen functional groups attached to an aromatic ring is 1. The van der Waals surface area contributed by atoms with E-state index in [1.807, 2.05) is 18.2 Å². The zero-order chi connectivity index (χ0) is 18.1. The topological polar surface area (TPSA) is 86.2 Å². The second-order valence-electron chi connectivity index (χ2n) is 7.23. The molecule has 1 fully saturated rings. The lowest BCUT2D eigenvalue weighted by Crippen LogP contribution is -2.37. The number of pyridine rings is 1. The Kier molecular flexibility index (Phi) is 4.54. The van der Waals surface area contributed by atoms with Gasteiger partial charge < -0.3 is 20.1 Å². The molecule has 3 aromatic rings. The van der Waals surface area contributed by atoms with Gasteiger partial charge in [-0.3, -0.25) is 0 Å². The molecule has 0 radical (unpaired) electrons. The minimum Gasteiger partial charge on any atom is -0.390 e. The number of imidazole rings is 1. The summed E-state index contributed by atoms with van der Waals surface area (Å²) in [4.78, 5) is 9.33. The summed E-state index contributed by atoms with van der Waals surface area (Å²) in [5.74, 6) is 1.49. The molecule has 1 aromatic carbocycles. The molecule has 0 unspecified atom stereocenters. The molecule has 0 saturated carbocycles. The van der Waals surface area contributed by atoms with Crippen LogP contribution >= 0.6 is 0 Å². The summed E-state index contributed by atoms with van der Waals surface area (Å²) in [6.45, 7) is 4.12.